The molecule has 0 bridgehead atoms. The van der Waals surface area contributed by atoms with E-state index in [1.807, 2.05) is 41.3 Å². The number of nitrogens with zero attached hydrogens (tertiary/aromatic N) is 7. The van der Waals surface area contributed by atoms with Crippen molar-refractivity contribution in [2.24, 2.45) is 7.05 Å². The van der Waals surface area contributed by atoms with E-state index in [4.69, 9.17) is 16.3 Å². The van der Waals surface area contributed by atoms with Crippen LogP contribution in [0.1, 0.15) is 11.1 Å². The largest absolute Gasteiger partial charge is 0.366 e. The van der Waals surface area contributed by atoms with Gasteiger partial charge >= 0.3 is 0 Å². The summed E-state index contributed by atoms with van der Waals surface area (Å²) in [5, 5.41) is 29.1. The molecular weight excluding hydrogens is 454 g/mol. The van der Waals surface area contributed by atoms with Gasteiger partial charge in [-0.1, -0.05) is 23.7 Å². The molecule has 3 aromatic heterocycles. The Hall–Kier alpha value is -3.42. The SMILES string of the molecule is Cn1cc(-c2ccc3c(N4CCN(C(O)OCc5ccc(Cl)cc5C#N)CC4)cnn3c2)cn1. The highest BCUT2D eigenvalue weighted by atomic mass is 35.5. The van der Waals surface area contributed by atoms with Crippen molar-refractivity contribution in [3.63, 3.8) is 0 Å². The van der Waals surface area contributed by atoms with Crippen LogP contribution in [0.4, 0.5) is 5.69 Å². The summed E-state index contributed by atoms with van der Waals surface area (Å²) >= 11 is 5.95. The van der Waals surface area contributed by atoms with E-state index in [2.05, 4.69) is 33.3 Å². The Bertz CT molecular complexity index is 1350. The van der Waals surface area contributed by atoms with Gasteiger partial charge in [0.2, 0.25) is 6.41 Å². The molecule has 34 heavy (non-hydrogen) atoms. The van der Waals surface area contributed by atoms with Crippen LogP contribution in [0.2, 0.25) is 5.02 Å². The van der Waals surface area contributed by atoms with E-state index >= 15 is 0 Å². The number of aliphatic hydroxyl groups is 1. The Morgan fingerprint density at radius 2 is 1.91 bits per heavy atom. The molecule has 0 radical (unpaired) electrons. The van der Waals surface area contributed by atoms with Crippen LogP contribution in [-0.4, -0.2) is 62.0 Å². The predicted molar refractivity (Wildman–Crippen MR) is 128 cm³/mol. The minimum Gasteiger partial charge on any atom is -0.366 e. The van der Waals surface area contributed by atoms with Crippen molar-refractivity contribution in [3.8, 4) is 17.2 Å². The van der Waals surface area contributed by atoms with Gasteiger partial charge in [-0.05, 0) is 23.8 Å². The molecule has 1 aromatic carbocycles. The van der Waals surface area contributed by atoms with Gasteiger partial charge in [0.25, 0.3) is 0 Å². The van der Waals surface area contributed by atoms with Crippen molar-refractivity contribution in [1.82, 2.24) is 24.3 Å². The second kappa shape index (κ2) is 9.44. The maximum atomic E-state index is 10.5. The number of ether oxygens (including phenoxy) is 1. The molecule has 1 aliphatic heterocycles. The van der Waals surface area contributed by atoms with Gasteiger partial charge in [-0.2, -0.15) is 15.5 Å². The van der Waals surface area contributed by atoms with E-state index in [1.165, 1.54) is 0 Å². The second-order valence-corrected chi connectivity index (χ2v) is 8.69. The third-order valence-electron chi connectivity index (χ3n) is 6.08. The molecule has 10 heteroatoms. The van der Waals surface area contributed by atoms with Crippen LogP contribution in [0.3, 0.4) is 0 Å². The van der Waals surface area contributed by atoms with Crippen molar-refractivity contribution in [2.75, 3.05) is 31.1 Å². The number of halogens is 1. The number of nitriles is 1. The lowest BCUT2D eigenvalue weighted by molar-refractivity contribution is -0.200. The number of aliphatic hydroxyl groups excluding tert-OH is 1. The summed E-state index contributed by atoms with van der Waals surface area (Å²) < 4.78 is 9.32. The number of aryl methyl sites for hydroxylation is 1. The molecule has 0 aliphatic carbocycles. The summed E-state index contributed by atoms with van der Waals surface area (Å²) in [4.78, 5) is 4.15. The highest BCUT2D eigenvalue weighted by molar-refractivity contribution is 6.30. The Balaban J connectivity index is 1.21. The molecule has 5 rings (SSSR count). The third-order valence-corrected chi connectivity index (χ3v) is 6.32. The van der Waals surface area contributed by atoms with Crippen molar-refractivity contribution in [3.05, 3.63) is 71.3 Å². The first-order valence-electron chi connectivity index (χ1n) is 11.0. The van der Waals surface area contributed by atoms with Crippen molar-refractivity contribution >= 4 is 22.8 Å². The molecular formula is C24H24ClN7O2. The average Bonchev–Trinajstić information content (AvgIpc) is 3.49. The topological polar surface area (TPSA) is 94.8 Å². The standard InChI is InChI=1S/C24H24ClN7O2/c1-29-14-20(12-27-29)17-3-5-22-23(13-28-32(22)15-17)30-6-8-31(9-7-30)24(33)34-16-18-2-4-21(25)10-19(18)11-26/h2-5,10,12-15,24,33H,6-9,16H2,1H3. The maximum Gasteiger partial charge on any atom is 0.216 e. The molecule has 0 spiro atoms. The van der Waals surface area contributed by atoms with Gasteiger partial charge in [0.05, 0.1) is 41.8 Å². The van der Waals surface area contributed by atoms with Crippen LogP contribution in [0.5, 0.6) is 0 Å². The summed E-state index contributed by atoms with van der Waals surface area (Å²) in [6.45, 7) is 2.87. The molecule has 0 saturated carbocycles. The van der Waals surface area contributed by atoms with Gasteiger partial charge in [0, 0.05) is 61.8 Å². The molecule has 0 amide bonds. The number of fused-ring (bicyclic) bond motifs is 1. The zero-order chi connectivity index (χ0) is 23.7. The lowest BCUT2D eigenvalue weighted by Crippen LogP contribution is -2.51. The van der Waals surface area contributed by atoms with Crippen LogP contribution >= 0.6 is 11.6 Å². The number of rotatable bonds is 6. The van der Waals surface area contributed by atoms with Gasteiger partial charge in [-0.3, -0.25) is 9.58 Å². The van der Waals surface area contributed by atoms with Crippen LogP contribution < -0.4 is 4.90 Å². The van der Waals surface area contributed by atoms with Crippen LogP contribution in [-0.2, 0) is 18.4 Å². The highest BCUT2D eigenvalue weighted by Gasteiger charge is 2.25. The molecule has 4 aromatic rings. The maximum absolute atomic E-state index is 10.5. The Labute approximate surface area is 201 Å². The smallest absolute Gasteiger partial charge is 0.216 e. The van der Waals surface area contributed by atoms with E-state index < -0.39 is 6.41 Å². The second-order valence-electron chi connectivity index (χ2n) is 8.25. The fourth-order valence-corrected chi connectivity index (χ4v) is 4.36. The van der Waals surface area contributed by atoms with E-state index in [0.29, 0.717) is 29.2 Å². The monoisotopic (exact) mass is 477 g/mol. The number of hydrogen-bond donors (Lipinski definition) is 1. The van der Waals surface area contributed by atoms with Gasteiger partial charge in [-0.25, -0.2) is 4.52 Å². The van der Waals surface area contributed by atoms with Crippen molar-refractivity contribution in [1.29, 1.82) is 5.26 Å². The number of anilines is 1. The summed E-state index contributed by atoms with van der Waals surface area (Å²) in [6, 6.07) is 11.3. The summed E-state index contributed by atoms with van der Waals surface area (Å²) in [6.07, 6.45) is 6.67. The molecule has 174 valence electrons. The highest BCUT2D eigenvalue weighted by Crippen LogP contribution is 2.26. The van der Waals surface area contributed by atoms with E-state index in [-0.39, 0.29) is 6.61 Å². The van der Waals surface area contributed by atoms with E-state index in [0.717, 1.165) is 35.4 Å². The van der Waals surface area contributed by atoms with Gasteiger partial charge in [-0.15, -0.1) is 0 Å². The van der Waals surface area contributed by atoms with E-state index in [1.54, 1.807) is 22.9 Å². The Morgan fingerprint density at radius 3 is 2.65 bits per heavy atom. The zero-order valence-electron chi connectivity index (χ0n) is 18.7. The lowest BCUT2D eigenvalue weighted by atomic mass is 10.1. The van der Waals surface area contributed by atoms with Crippen LogP contribution in [0.15, 0.2) is 55.1 Å². The molecule has 9 nitrogen and oxygen atoms in total. The molecule has 1 atom stereocenters. The third kappa shape index (κ3) is 4.49. The minimum atomic E-state index is -1.05. The van der Waals surface area contributed by atoms with E-state index in [9.17, 15) is 10.4 Å². The lowest BCUT2D eigenvalue weighted by Gasteiger charge is -2.37. The number of aromatic nitrogens is 4. The first-order chi connectivity index (χ1) is 16.5. The predicted octanol–water partition coefficient (Wildman–Crippen LogP) is 2.87. The van der Waals surface area contributed by atoms with Gasteiger partial charge < -0.3 is 14.7 Å². The fourth-order valence-electron chi connectivity index (χ4n) is 4.19. The molecule has 1 unspecified atom stereocenters. The molecule has 1 saturated heterocycles. The minimum absolute atomic E-state index is 0.134. The first-order valence-corrected chi connectivity index (χ1v) is 11.3. The molecule has 1 N–H and O–H groups in total. The van der Waals surface area contributed by atoms with Crippen molar-refractivity contribution < 1.29 is 9.84 Å². The summed E-state index contributed by atoms with van der Waals surface area (Å²) in [5.74, 6) is 0. The average molecular weight is 478 g/mol. The number of benzene rings is 1. The van der Waals surface area contributed by atoms with Crippen LogP contribution in [0.25, 0.3) is 16.6 Å². The summed E-state index contributed by atoms with van der Waals surface area (Å²) in [5.41, 5.74) is 5.34. The molecule has 1 fully saturated rings. The number of pyridine rings is 1. The first kappa shape index (κ1) is 22.4. The van der Waals surface area contributed by atoms with Crippen molar-refractivity contribution in [2.45, 2.75) is 13.0 Å². The fraction of sp³-hybridized carbons (Fsp3) is 0.292. The molecule has 4 heterocycles. The van der Waals surface area contributed by atoms with Gasteiger partial charge in [0.1, 0.15) is 0 Å². The normalized spacial score (nSPS) is 15.5. The number of hydrogen-bond acceptors (Lipinski definition) is 7. The molecule has 1 aliphatic rings. The summed E-state index contributed by atoms with van der Waals surface area (Å²) in [7, 11) is 1.90. The van der Waals surface area contributed by atoms with Gasteiger partial charge in [0.15, 0.2) is 0 Å². The Kier molecular flexibility index (Phi) is 6.22. The number of piperazine rings is 1. The van der Waals surface area contributed by atoms with Crippen LogP contribution in [0, 0.1) is 11.3 Å². The quantitative estimate of drug-likeness (QED) is 0.427. The Morgan fingerprint density at radius 1 is 1.09 bits per heavy atom. The zero-order valence-corrected chi connectivity index (χ0v) is 19.4.